The summed E-state index contributed by atoms with van der Waals surface area (Å²) in [5.74, 6) is -11.2. The Bertz CT molecular complexity index is 2280. The summed E-state index contributed by atoms with van der Waals surface area (Å²) in [5, 5.41) is 75.4. The molecule has 0 aromatic carbocycles. The number of hydrogen-bond acceptors (Lipinski definition) is 23. The van der Waals surface area contributed by atoms with Gasteiger partial charge in [0.15, 0.2) is 17.7 Å². The van der Waals surface area contributed by atoms with Crippen molar-refractivity contribution in [2.45, 2.75) is 174 Å². The van der Waals surface area contributed by atoms with Crippen LogP contribution in [0.4, 0.5) is 0 Å². The molecule has 0 spiro atoms. The van der Waals surface area contributed by atoms with E-state index in [2.05, 4.69) is 15.4 Å². The molecule has 0 aromatic heterocycles. The minimum atomic E-state index is -2.27. The molecule has 2 amide bonds. The van der Waals surface area contributed by atoms with E-state index in [4.69, 9.17) is 38.6 Å². The average molecular weight is 1230 g/mol. The van der Waals surface area contributed by atoms with Crippen LogP contribution in [0.15, 0.2) is 48.1 Å². The predicted molar refractivity (Wildman–Crippen MR) is 310 cm³/mol. The molecule has 0 aromatic rings. The van der Waals surface area contributed by atoms with Gasteiger partial charge in [0.25, 0.3) is 5.91 Å². The summed E-state index contributed by atoms with van der Waals surface area (Å²) in [5.41, 5.74) is -1.42. The number of aliphatic carboxylic acids is 1. The Morgan fingerprint density at radius 3 is 2.19 bits per heavy atom. The van der Waals surface area contributed by atoms with Crippen molar-refractivity contribution in [2.24, 2.45) is 35.0 Å². The number of ketones is 2. The Morgan fingerprint density at radius 2 is 1.58 bits per heavy atom. The van der Waals surface area contributed by atoms with Gasteiger partial charge in [-0.15, -0.1) is 11.8 Å². The first-order chi connectivity index (χ1) is 40.0. The van der Waals surface area contributed by atoms with Gasteiger partial charge in [0.2, 0.25) is 12.3 Å². The fourth-order valence-electron chi connectivity index (χ4n) is 9.89. The number of amides is 2. The van der Waals surface area contributed by atoms with Gasteiger partial charge in [-0.2, -0.15) is 0 Å². The summed E-state index contributed by atoms with van der Waals surface area (Å²) in [6, 6.07) is -2.46. The fourth-order valence-corrected chi connectivity index (χ4v) is 10.7. The zero-order valence-electron chi connectivity index (χ0n) is 51.0. The van der Waals surface area contributed by atoms with Crippen LogP contribution in [0.3, 0.4) is 0 Å². The summed E-state index contributed by atoms with van der Waals surface area (Å²) in [7, 11) is 3.88. The van der Waals surface area contributed by atoms with Gasteiger partial charge in [-0.1, -0.05) is 70.2 Å². The summed E-state index contributed by atoms with van der Waals surface area (Å²) < 4.78 is 38.3. The highest BCUT2D eigenvalue weighted by molar-refractivity contribution is 8.00. The molecule has 9 N–H and O–H groups in total. The number of thioether (sulfide) groups is 1. The lowest BCUT2D eigenvalue weighted by Gasteiger charge is -2.39. The molecule has 0 radical (unpaired) electrons. The molecule has 1 heterocycles. The summed E-state index contributed by atoms with van der Waals surface area (Å²) >= 11 is 0.850. The molecule has 2 aliphatic rings. The number of aliphatic hydroxyl groups excluding tert-OH is 5. The van der Waals surface area contributed by atoms with Crippen LogP contribution in [-0.4, -0.2) is 215 Å². The quantitative estimate of drug-likeness (QED) is 0.0140. The van der Waals surface area contributed by atoms with Crippen LogP contribution < -0.4 is 10.6 Å². The van der Waals surface area contributed by atoms with Crippen molar-refractivity contribution in [2.75, 3.05) is 65.9 Å². The molecule has 2 rings (SSSR count). The van der Waals surface area contributed by atoms with Crippen molar-refractivity contribution in [3.8, 4) is 0 Å². The number of allylic oxidation sites excluding steroid dienone is 7. The second-order valence-electron chi connectivity index (χ2n) is 22.4. The van der Waals surface area contributed by atoms with Gasteiger partial charge in [0.05, 0.1) is 24.5 Å². The number of esters is 3. The standard InChI is InChI=1S/C59H95N3O22S/c1-12-13-14-15-16-19-35(2)24-38(5)49(69)51(79-10)50(70)39(6)25-36(3)43(65)28-45(83-55(74)42-20-17-18-23-62(42)54(73)52(71)59(8,77)80-11)37(4)26-40-21-22-44(46(27-40)78-9)84-56(75)58(7,32-63)33-81-48(68)31-85-30-41(61-57(76)82-34-64)53(72)60-29-47(66)67/h12-16,19,25,35-38,40-42,44-46,50-52,57,61,63-64,70-71,76-77H,17-18,20-24,26-34H2,1-11H3,(H,60,72)(H,66,67)/b13-12-,15-14+,19-16+,39-25+/t35-,36-,37-,38-,40+,41+,42+,44-,45+,46-,50-,51+,52?,57?,58?,59-/m1/s1. The minimum Gasteiger partial charge on any atom is -0.480 e. The van der Waals surface area contributed by atoms with Gasteiger partial charge in [0.1, 0.15) is 61.6 Å². The molecule has 3 unspecified atom stereocenters. The number of Topliss-reactive ketones (excluding diaryl/α,β-unsaturated/α-hetero) is 2. The van der Waals surface area contributed by atoms with E-state index in [1.807, 2.05) is 57.2 Å². The number of carbonyl (C=O) groups is 8. The van der Waals surface area contributed by atoms with E-state index in [0.29, 0.717) is 44.1 Å². The minimum absolute atomic E-state index is 0.0422. The average Bonchev–Trinajstić information content (AvgIpc) is 3.52. The number of aliphatic hydroxyl groups is 6. The lowest BCUT2D eigenvalue weighted by atomic mass is 9.78. The zero-order chi connectivity index (χ0) is 64.2. The number of nitrogens with zero attached hydrogens (tertiary/aromatic N) is 1. The first-order valence-corrected chi connectivity index (χ1v) is 29.8. The Morgan fingerprint density at radius 1 is 0.894 bits per heavy atom. The summed E-state index contributed by atoms with van der Waals surface area (Å²) in [4.78, 5) is 107. The van der Waals surface area contributed by atoms with E-state index in [-0.39, 0.29) is 60.7 Å². The van der Waals surface area contributed by atoms with E-state index in [1.165, 1.54) is 21.1 Å². The number of carbonyl (C=O) groups excluding carboxylic acids is 7. The molecule has 484 valence electrons. The SMILES string of the molecule is C\C=C/C=C/C=C/[C@@H](C)C[C@@H](C)C(=O)[C@H](OC)[C@H](O)/C(C)=C/[C@@H](C)C(=O)C[C@H](OC(=O)[C@@H]1CCCCN1C(=O)C(O)[C@](C)(O)OC)[C@H](C)C[C@@H]1CC[C@@H](OC(=O)C(C)(CO)COC(=O)CSC[C@H](NC(O)OCO)C(=O)NCC(=O)O)[C@H](OC)C1. The number of carboxylic acid groups (broad SMARTS) is 1. The Kier molecular flexibility index (Phi) is 34.3. The van der Waals surface area contributed by atoms with Crippen molar-refractivity contribution in [1.82, 2.24) is 15.5 Å². The van der Waals surface area contributed by atoms with E-state index < -0.39 is 146 Å². The lowest BCUT2D eigenvalue weighted by Crippen LogP contribution is -2.58. The van der Waals surface area contributed by atoms with Gasteiger partial charge in [-0.3, -0.25) is 38.9 Å². The largest absolute Gasteiger partial charge is 0.480 e. The second-order valence-corrected chi connectivity index (χ2v) is 23.5. The van der Waals surface area contributed by atoms with Crippen LogP contribution in [-0.2, 0) is 71.5 Å². The smallest absolute Gasteiger partial charge is 0.329 e. The summed E-state index contributed by atoms with van der Waals surface area (Å²) in [6.45, 7) is 10.2. The maximum atomic E-state index is 14.3. The molecule has 85 heavy (non-hydrogen) atoms. The third-order valence-electron chi connectivity index (χ3n) is 15.3. The number of carboxylic acids is 1. The molecule has 2 fully saturated rings. The Hall–Kier alpha value is -4.97. The second kappa shape index (κ2) is 38.3. The monoisotopic (exact) mass is 1230 g/mol. The summed E-state index contributed by atoms with van der Waals surface area (Å²) in [6.07, 6.45) is 6.86. The number of hydrogen-bond donors (Lipinski definition) is 9. The molecule has 1 saturated heterocycles. The number of ether oxygens (including phenoxy) is 7. The molecule has 1 aliphatic carbocycles. The molecule has 1 saturated carbocycles. The van der Waals surface area contributed by atoms with Crippen molar-refractivity contribution in [3.63, 3.8) is 0 Å². The van der Waals surface area contributed by atoms with E-state index in [9.17, 15) is 63.9 Å². The lowest BCUT2D eigenvalue weighted by molar-refractivity contribution is -0.232. The predicted octanol–water partition coefficient (Wildman–Crippen LogP) is 2.26. The van der Waals surface area contributed by atoms with E-state index in [0.717, 1.165) is 30.7 Å². The zero-order valence-corrected chi connectivity index (χ0v) is 51.9. The first kappa shape index (κ1) is 76.1. The highest BCUT2D eigenvalue weighted by Gasteiger charge is 2.45. The van der Waals surface area contributed by atoms with Gasteiger partial charge < -0.3 is 79.1 Å². The normalized spacial score (nSPS) is 22.8. The third-order valence-corrected chi connectivity index (χ3v) is 16.3. The molecule has 1 aliphatic heterocycles. The van der Waals surface area contributed by atoms with Gasteiger partial charge in [0, 0.05) is 51.9 Å². The van der Waals surface area contributed by atoms with Crippen molar-refractivity contribution in [1.29, 1.82) is 0 Å². The van der Waals surface area contributed by atoms with Crippen LogP contribution in [0.2, 0.25) is 0 Å². The van der Waals surface area contributed by atoms with Gasteiger partial charge >= 0.3 is 23.9 Å². The maximum absolute atomic E-state index is 14.3. The van der Waals surface area contributed by atoms with Crippen LogP contribution in [0, 0.1) is 35.0 Å². The number of rotatable bonds is 39. The molecular formula is C59H95N3O22S. The highest BCUT2D eigenvalue weighted by Crippen LogP contribution is 2.36. The molecule has 16 atom stereocenters. The third kappa shape index (κ3) is 25.3. The van der Waals surface area contributed by atoms with Crippen LogP contribution in [0.25, 0.3) is 0 Å². The molecule has 0 bridgehead atoms. The number of piperidine rings is 1. The molecule has 26 heteroatoms. The number of methoxy groups -OCH3 is 3. The van der Waals surface area contributed by atoms with Crippen molar-refractivity contribution >= 4 is 59.0 Å². The van der Waals surface area contributed by atoms with Crippen molar-refractivity contribution in [3.05, 3.63) is 48.1 Å². The molecular weight excluding hydrogens is 1130 g/mol. The fraction of sp³-hybridized carbons (Fsp3) is 0.729. The molecule has 25 nitrogen and oxygen atoms in total. The first-order valence-electron chi connectivity index (χ1n) is 28.7. The Balaban J connectivity index is 2.30. The van der Waals surface area contributed by atoms with Crippen LogP contribution in [0.5, 0.6) is 0 Å². The van der Waals surface area contributed by atoms with E-state index >= 15 is 0 Å². The van der Waals surface area contributed by atoms with Crippen LogP contribution >= 0.6 is 11.8 Å². The van der Waals surface area contributed by atoms with E-state index in [1.54, 1.807) is 26.8 Å². The topological polar surface area (TPSA) is 370 Å². The van der Waals surface area contributed by atoms with Gasteiger partial charge in [-0.25, -0.2) is 4.79 Å². The number of nitrogens with one attached hydrogen (secondary N) is 2. The maximum Gasteiger partial charge on any atom is 0.329 e. The number of likely N-dealkylation sites (tertiary alicyclic amines) is 1. The van der Waals surface area contributed by atoms with Crippen molar-refractivity contribution < 1.29 is 107 Å². The Labute approximate surface area is 503 Å². The van der Waals surface area contributed by atoms with Gasteiger partial charge in [-0.05, 0) is 102 Å². The van der Waals surface area contributed by atoms with Crippen LogP contribution in [0.1, 0.15) is 113 Å². The highest BCUT2D eigenvalue weighted by atomic mass is 32.2.